The molecule has 6 aromatic carbocycles. The first kappa shape index (κ1) is 22.6. The molecular weight excluding hydrogens is 446 g/mol. The summed E-state index contributed by atoms with van der Waals surface area (Å²) in [6.45, 7) is 0. The highest BCUT2D eigenvalue weighted by atomic mass is 15.1. The molecule has 0 aromatic heterocycles. The molecular formula is C36H27N. The molecule has 0 saturated carbocycles. The first-order valence-corrected chi connectivity index (χ1v) is 12.6. The Hall–Kier alpha value is -4.88. The van der Waals surface area contributed by atoms with Crippen molar-refractivity contribution in [1.82, 2.24) is 0 Å². The minimum Gasteiger partial charge on any atom is -0.311 e. The summed E-state index contributed by atoms with van der Waals surface area (Å²) in [6.07, 6.45) is 0. The molecule has 6 rings (SSSR count). The van der Waals surface area contributed by atoms with Gasteiger partial charge in [-0.15, -0.1) is 0 Å². The molecule has 0 radical (unpaired) electrons. The third-order valence-corrected chi connectivity index (χ3v) is 6.68. The van der Waals surface area contributed by atoms with E-state index in [2.05, 4.69) is 169 Å². The first-order chi connectivity index (χ1) is 18.3. The zero-order chi connectivity index (χ0) is 24.9. The molecule has 0 spiro atoms. The van der Waals surface area contributed by atoms with Crippen molar-refractivity contribution in [2.45, 2.75) is 0 Å². The Bertz CT molecular complexity index is 1530. The van der Waals surface area contributed by atoms with E-state index < -0.39 is 0 Å². The predicted molar refractivity (Wildman–Crippen MR) is 157 cm³/mol. The van der Waals surface area contributed by atoms with Crippen molar-refractivity contribution in [2.24, 2.45) is 0 Å². The third-order valence-electron chi connectivity index (χ3n) is 6.68. The van der Waals surface area contributed by atoms with Gasteiger partial charge in [-0.1, -0.05) is 121 Å². The van der Waals surface area contributed by atoms with Crippen molar-refractivity contribution in [1.29, 1.82) is 0 Å². The molecule has 1 nitrogen and oxygen atoms in total. The Morgan fingerprint density at radius 1 is 0.243 bits per heavy atom. The Balaban J connectivity index is 1.29. The molecule has 0 aliphatic rings. The van der Waals surface area contributed by atoms with Crippen LogP contribution in [0.25, 0.3) is 33.4 Å². The van der Waals surface area contributed by atoms with Crippen LogP contribution in [0.5, 0.6) is 0 Å². The Labute approximate surface area is 218 Å². The average Bonchev–Trinajstić information content (AvgIpc) is 2.99. The second-order valence-corrected chi connectivity index (χ2v) is 9.08. The lowest BCUT2D eigenvalue weighted by Crippen LogP contribution is -2.09. The van der Waals surface area contributed by atoms with Gasteiger partial charge in [0.1, 0.15) is 0 Å². The van der Waals surface area contributed by atoms with Crippen LogP contribution in [-0.4, -0.2) is 0 Å². The fraction of sp³-hybridized carbons (Fsp3) is 0. The van der Waals surface area contributed by atoms with Crippen molar-refractivity contribution >= 4 is 17.1 Å². The summed E-state index contributed by atoms with van der Waals surface area (Å²) in [4.78, 5) is 2.29. The molecule has 0 heterocycles. The SMILES string of the molecule is c1ccc(-c2ccc(-c3cccc(-c4ccc(N(c5ccccc5)c5ccccc5)cc4)c3)cc2)cc1. The number of rotatable bonds is 6. The zero-order valence-corrected chi connectivity index (χ0v) is 20.5. The smallest absolute Gasteiger partial charge is 0.0462 e. The van der Waals surface area contributed by atoms with Crippen LogP contribution in [0.15, 0.2) is 164 Å². The number of hydrogen-bond donors (Lipinski definition) is 0. The summed E-state index contributed by atoms with van der Waals surface area (Å²) in [5.74, 6) is 0. The van der Waals surface area contributed by atoms with E-state index >= 15 is 0 Å². The van der Waals surface area contributed by atoms with E-state index in [1.807, 2.05) is 0 Å². The van der Waals surface area contributed by atoms with Gasteiger partial charge in [-0.3, -0.25) is 0 Å². The molecule has 0 saturated heterocycles. The highest BCUT2D eigenvalue weighted by Gasteiger charge is 2.12. The molecule has 6 aromatic rings. The first-order valence-electron chi connectivity index (χ1n) is 12.6. The van der Waals surface area contributed by atoms with E-state index in [-0.39, 0.29) is 0 Å². The van der Waals surface area contributed by atoms with Gasteiger partial charge >= 0.3 is 0 Å². The number of anilines is 3. The summed E-state index contributed by atoms with van der Waals surface area (Å²) in [6, 6.07) is 58.0. The Morgan fingerprint density at radius 3 is 1.05 bits per heavy atom. The summed E-state index contributed by atoms with van der Waals surface area (Å²) in [5, 5.41) is 0. The summed E-state index contributed by atoms with van der Waals surface area (Å²) in [7, 11) is 0. The van der Waals surface area contributed by atoms with E-state index in [9.17, 15) is 0 Å². The second kappa shape index (κ2) is 10.4. The standard InChI is InChI=1S/C36H27N/c1-4-11-28(12-5-1)29-19-21-30(22-20-29)32-13-10-14-33(27-32)31-23-25-36(26-24-31)37(34-15-6-2-7-16-34)35-17-8-3-9-18-35/h1-27H. The van der Waals surface area contributed by atoms with Crippen molar-refractivity contribution < 1.29 is 0 Å². The molecule has 0 N–H and O–H groups in total. The van der Waals surface area contributed by atoms with Crippen LogP contribution in [0.4, 0.5) is 17.1 Å². The maximum atomic E-state index is 2.29. The normalized spacial score (nSPS) is 10.7. The molecule has 1 heteroatoms. The summed E-state index contributed by atoms with van der Waals surface area (Å²) < 4.78 is 0. The van der Waals surface area contributed by atoms with Gasteiger partial charge in [0.05, 0.1) is 0 Å². The van der Waals surface area contributed by atoms with E-state index in [1.165, 1.54) is 33.4 Å². The van der Waals surface area contributed by atoms with Crippen LogP contribution in [0, 0.1) is 0 Å². The van der Waals surface area contributed by atoms with Crippen LogP contribution in [0.3, 0.4) is 0 Å². The van der Waals surface area contributed by atoms with Crippen molar-refractivity contribution in [3.63, 3.8) is 0 Å². The lowest BCUT2D eigenvalue weighted by molar-refractivity contribution is 1.28. The fourth-order valence-corrected chi connectivity index (χ4v) is 4.77. The van der Waals surface area contributed by atoms with Gasteiger partial charge in [0, 0.05) is 17.1 Å². The third kappa shape index (κ3) is 4.94. The van der Waals surface area contributed by atoms with Crippen LogP contribution < -0.4 is 4.90 Å². The highest BCUT2D eigenvalue weighted by molar-refractivity contribution is 5.79. The topological polar surface area (TPSA) is 3.24 Å². The van der Waals surface area contributed by atoms with E-state index in [0.717, 1.165) is 17.1 Å². The predicted octanol–water partition coefficient (Wildman–Crippen LogP) is 10.2. The molecule has 0 fully saturated rings. The maximum absolute atomic E-state index is 2.29. The number of benzene rings is 6. The summed E-state index contributed by atoms with van der Waals surface area (Å²) in [5.41, 5.74) is 10.7. The van der Waals surface area contributed by atoms with Crippen molar-refractivity contribution in [3.8, 4) is 33.4 Å². The molecule has 0 atom stereocenters. The van der Waals surface area contributed by atoms with E-state index in [4.69, 9.17) is 0 Å². The van der Waals surface area contributed by atoms with E-state index in [0.29, 0.717) is 0 Å². The summed E-state index contributed by atoms with van der Waals surface area (Å²) >= 11 is 0. The lowest BCUT2D eigenvalue weighted by Gasteiger charge is -2.25. The van der Waals surface area contributed by atoms with Gasteiger partial charge in [-0.05, 0) is 75.8 Å². The number of hydrogen-bond acceptors (Lipinski definition) is 1. The van der Waals surface area contributed by atoms with Crippen LogP contribution in [0.2, 0.25) is 0 Å². The van der Waals surface area contributed by atoms with Crippen molar-refractivity contribution in [2.75, 3.05) is 4.90 Å². The molecule has 0 bridgehead atoms. The quantitative estimate of drug-likeness (QED) is 0.233. The van der Waals surface area contributed by atoms with Crippen LogP contribution in [-0.2, 0) is 0 Å². The second-order valence-electron chi connectivity index (χ2n) is 9.08. The maximum Gasteiger partial charge on any atom is 0.0462 e. The number of para-hydroxylation sites is 2. The fourth-order valence-electron chi connectivity index (χ4n) is 4.77. The molecule has 176 valence electrons. The lowest BCUT2D eigenvalue weighted by atomic mass is 9.97. The zero-order valence-electron chi connectivity index (χ0n) is 20.5. The van der Waals surface area contributed by atoms with Gasteiger partial charge in [0.25, 0.3) is 0 Å². The Morgan fingerprint density at radius 2 is 0.568 bits per heavy atom. The average molecular weight is 474 g/mol. The monoisotopic (exact) mass is 473 g/mol. The van der Waals surface area contributed by atoms with Gasteiger partial charge in [0.2, 0.25) is 0 Å². The highest BCUT2D eigenvalue weighted by Crippen LogP contribution is 2.36. The number of nitrogens with zero attached hydrogens (tertiary/aromatic N) is 1. The van der Waals surface area contributed by atoms with E-state index in [1.54, 1.807) is 0 Å². The van der Waals surface area contributed by atoms with Gasteiger partial charge < -0.3 is 4.90 Å². The minimum absolute atomic E-state index is 1.13. The van der Waals surface area contributed by atoms with Gasteiger partial charge in [-0.25, -0.2) is 0 Å². The van der Waals surface area contributed by atoms with Crippen molar-refractivity contribution in [3.05, 3.63) is 164 Å². The largest absolute Gasteiger partial charge is 0.311 e. The van der Waals surface area contributed by atoms with Gasteiger partial charge in [0.15, 0.2) is 0 Å². The molecule has 37 heavy (non-hydrogen) atoms. The van der Waals surface area contributed by atoms with Crippen LogP contribution >= 0.6 is 0 Å². The molecule has 0 amide bonds. The molecule has 0 aliphatic heterocycles. The minimum atomic E-state index is 1.13. The molecule has 0 unspecified atom stereocenters. The van der Waals surface area contributed by atoms with Crippen LogP contribution in [0.1, 0.15) is 0 Å². The van der Waals surface area contributed by atoms with Gasteiger partial charge in [-0.2, -0.15) is 0 Å². The Kier molecular flexibility index (Phi) is 6.34. The molecule has 0 aliphatic carbocycles.